The molecule has 1 heterocycles. The number of aromatic nitrogens is 1. The topological polar surface area (TPSA) is 83.5 Å². The van der Waals surface area contributed by atoms with Crippen LogP contribution in [0.1, 0.15) is 6.92 Å². The number of nitrogens with zero attached hydrogens (tertiary/aromatic N) is 2. The highest BCUT2D eigenvalue weighted by atomic mass is 16.5. The van der Waals surface area contributed by atoms with Gasteiger partial charge < -0.3 is 9.15 Å². The minimum atomic E-state index is -0.120. The standard InChI is InChI=1S/C17H16N4O2/c1-2-22-17-15(21-20-12-8-4-3-5-9-12)16(18)23-14-11-7-6-10-13(14)19-17/h3-11,18,20H,2H2,1H3/b18-16?,21-15+. The van der Waals surface area contributed by atoms with Crippen LogP contribution in [0.4, 0.5) is 5.69 Å². The van der Waals surface area contributed by atoms with E-state index in [9.17, 15) is 0 Å². The Bertz CT molecular complexity index is 936. The third-order valence-corrected chi connectivity index (χ3v) is 3.07. The van der Waals surface area contributed by atoms with Crippen molar-refractivity contribution in [2.75, 3.05) is 12.0 Å². The lowest BCUT2D eigenvalue weighted by molar-refractivity contribution is 0.322. The lowest BCUT2D eigenvalue weighted by atomic mass is 10.3. The van der Waals surface area contributed by atoms with Crippen LogP contribution < -0.4 is 21.1 Å². The van der Waals surface area contributed by atoms with Gasteiger partial charge in [-0.2, -0.15) is 5.10 Å². The lowest BCUT2D eigenvalue weighted by Gasteiger charge is -2.00. The number of nitrogens with one attached hydrogen (secondary N) is 2. The highest BCUT2D eigenvalue weighted by Crippen LogP contribution is 2.10. The SMILES string of the molecule is CCOc1nc2ccccc2oc(=N)/c1=N\Nc1ccccc1. The zero-order valence-electron chi connectivity index (χ0n) is 12.6. The average Bonchev–Trinajstić information content (AvgIpc) is 2.70. The Morgan fingerprint density at radius 2 is 1.87 bits per heavy atom. The molecule has 0 bridgehead atoms. The van der Waals surface area contributed by atoms with Gasteiger partial charge in [-0.25, -0.2) is 4.98 Å². The molecule has 0 saturated heterocycles. The van der Waals surface area contributed by atoms with E-state index in [-0.39, 0.29) is 16.8 Å². The fourth-order valence-electron chi connectivity index (χ4n) is 2.02. The predicted octanol–water partition coefficient (Wildman–Crippen LogP) is 2.63. The molecule has 1 aromatic heterocycles. The van der Waals surface area contributed by atoms with E-state index in [1.807, 2.05) is 49.4 Å². The maximum Gasteiger partial charge on any atom is 0.248 e. The summed E-state index contributed by atoms with van der Waals surface area (Å²) in [5.41, 5.74) is 4.67. The molecule has 2 N–H and O–H groups in total. The van der Waals surface area contributed by atoms with Crippen LogP contribution in [0.5, 0.6) is 5.88 Å². The zero-order valence-corrected chi connectivity index (χ0v) is 12.6. The van der Waals surface area contributed by atoms with Crippen LogP contribution in [0.15, 0.2) is 64.1 Å². The van der Waals surface area contributed by atoms with Crippen molar-refractivity contribution >= 4 is 16.8 Å². The van der Waals surface area contributed by atoms with Gasteiger partial charge in [0.15, 0.2) is 5.58 Å². The van der Waals surface area contributed by atoms with Crippen LogP contribution >= 0.6 is 0 Å². The van der Waals surface area contributed by atoms with Gasteiger partial charge in [-0.15, -0.1) is 0 Å². The second-order valence-corrected chi connectivity index (χ2v) is 4.69. The molecule has 0 fully saturated rings. The van der Waals surface area contributed by atoms with E-state index >= 15 is 0 Å². The third-order valence-electron chi connectivity index (χ3n) is 3.07. The Kier molecular flexibility index (Phi) is 4.33. The molecule has 6 nitrogen and oxygen atoms in total. The van der Waals surface area contributed by atoms with Crippen LogP contribution in [0.3, 0.4) is 0 Å². The first-order chi connectivity index (χ1) is 11.3. The molecule has 0 spiro atoms. The molecule has 3 aromatic rings. The summed E-state index contributed by atoms with van der Waals surface area (Å²) < 4.78 is 11.1. The smallest absolute Gasteiger partial charge is 0.248 e. The summed E-state index contributed by atoms with van der Waals surface area (Å²) in [6, 6.07) is 16.7. The Morgan fingerprint density at radius 3 is 2.65 bits per heavy atom. The van der Waals surface area contributed by atoms with Gasteiger partial charge in [-0.1, -0.05) is 30.3 Å². The number of rotatable bonds is 4. The molecule has 0 amide bonds. The highest BCUT2D eigenvalue weighted by molar-refractivity contribution is 5.71. The van der Waals surface area contributed by atoms with Crippen molar-refractivity contribution < 1.29 is 9.15 Å². The van der Waals surface area contributed by atoms with Crippen molar-refractivity contribution in [1.82, 2.24) is 4.98 Å². The molecule has 0 atom stereocenters. The molecule has 2 aromatic carbocycles. The second-order valence-electron chi connectivity index (χ2n) is 4.69. The van der Waals surface area contributed by atoms with Crippen LogP contribution in [-0.4, -0.2) is 11.6 Å². The second kappa shape index (κ2) is 6.74. The summed E-state index contributed by atoms with van der Waals surface area (Å²) >= 11 is 0. The molecule has 0 aliphatic carbocycles. The number of ether oxygens (including phenoxy) is 1. The molecule has 116 valence electrons. The Balaban J connectivity index is 2.19. The number of hydrogen-bond acceptors (Lipinski definition) is 6. The highest BCUT2D eigenvalue weighted by Gasteiger charge is 2.05. The lowest BCUT2D eigenvalue weighted by Crippen LogP contribution is -2.26. The van der Waals surface area contributed by atoms with Crippen LogP contribution in [0.2, 0.25) is 0 Å². The quantitative estimate of drug-likeness (QED) is 0.726. The van der Waals surface area contributed by atoms with Gasteiger partial charge in [0.1, 0.15) is 5.52 Å². The van der Waals surface area contributed by atoms with Crippen molar-refractivity contribution in [3.63, 3.8) is 0 Å². The average molecular weight is 308 g/mol. The number of hydrogen-bond donors (Lipinski definition) is 2. The van der Waals surface area contributed by atoms with Crippen molar-refractivity contribution in [1.29, 1.82) is 5.41 Å². The minimum absolute atomic E-state index is 0.120. The van der Waals surface area contributed by atoms with Crippen LogP contribution in [-0.2, 0) is 0 Å². The first-order valence-electron chi connectivity index (χ1n) is 7.24. The zero-order chi connectivity index (χ0) is 16.1. The molecular formula is C17H16N4O2. The number of anilines is 1. The van der Waals surface area contributed by atoms with Gasteiger partial charge in [-0.05, 0) is 31.2 Å². The van der Waals surface area contributed by atoms with Crippen molar-refractivity contribution in [2.24, 2.45) is 5.10 Å². The van der Waals surface area contributed by atoms with E-state index in [0.717, 1.165) is 5.69 Å². The Morgan fingerprint density at radius 1 is 1.13 bits per heavy atom. The summed E-state index contributed by atoms with van der Waals surface area (Å²) in [5.74, 6) is 0.255. The fraction of sp³-hybridized carbons (Fsp3) is 0.118. The first-order valence-corrected chi connectivity index (χ1v) is 7.24. The van der Waals surface area contributed by atoms with E-state index in [0.29, 0.717) is 17.7 Å². The molecule has 0 aliphatic rings. The summed E-state index contributed by atoms with van der Waals surface area (Å²) in [7, 11) is 0. The van der Waals surface area contributed by atoms with E-state index in [4.69, 9.17) is 14.6 Å². The monoisotopic (exact) mass is 308 g/mol. The van der Waals surface area contributed by atoms with E-state index < -0.39 is 0 Å². The maximum atomic E-state index is 8.14. The van der Waals surface area contributed by atoms with Gasteiger partial charge in [0.25, 0.3) is 0 Å². The van der Waals surface area contributed by atoms with Crippen LogP contribution in [0, 0.1) is 5.41 Å². The fourth-order valence-corrected chi connectivity index (χ4v) is 2.02. The van der Waals surface area contributed by atoms with E-state index in [1.54, 1.807) is 12.1 Å². The predicted molar refractivity (Wildman–Crippen MR) is 86.7 cm³/mol. The van der Waals surface area contributed by atoms with Gasteiger partial charge in [0.05, 0.1) is 12.3 Å². The maximum absolute atomic E-state index is 8.14. The molecular weight excluding hydrogens is 292 g/mol. The van der Waals surface area contributed by atoms with Gasteiger partial charge >= 0.3 is 0 Å². The summed E-state index contributed by atoms with van der Waals surface area (Å²) in [6.07, 6.45) is 0. The number of fused-ring (bicyclic) bond motifs is 1. The summed E-state index contributed by atoms with van der Waals surface area (Å²) in [4.78, 5) is 4.43. The van der Waals surface area contributed by atoms with Crippen molar-refractivity contribution in [2.45, 2.75) is 6.92 Å². The Hall–Kier alpha value is -3.15. The van der Waals surface area contributed by atoms with Crippen molar-refractivity contribution in [3.8, 4) is 5.88 Å². The van der Waals surface area contributed by atoms with E-state index in [2.05, 4.69) is 15.5 Å². The normalized spacial score (nSPS) is 11.4. The molecule has 6 heteroatoms. The molecule has 0 aliphatic heterocycles. The first kappa shape index (κ1) is 14.8. The molecule has 3 rings (SSSR count). The molecule has 0 radical (unpaired) electrons. The largest absolute Gasteiger partial charge is 0.476 e. The molecule has 0 unspecified atom stereocenters. The summed E-state index contributed by atoms with van der Waals surface area (Å²) in [5, 5.41) is 12.6. The molecule has 23 heavy (non-hydrogen) atoms. The van der Waals surface area contributed by atoms with Gasteiger partial charge in [-0.3, -0.25) is 10.8 Å². The van der Waals surface area contributed by atoms with E-state index in [1.165, 1.54) is 0 Å². The Labute approximate surface area is 132 Å². The van der Waals surface area contributed by atoms with Crippen LogP contribution in [0.25, 0.3) is 11.1 Å². The molecule has 0 saturated carbocycles. The minimum Gasteiger partial charge on any atom is -0.476 e. The van der Waals surface area contributed by atoms with Gasteiger partial charge in [0.2, 0.25) is 16.8 Å². The summed E-state index contributed by atoms with van der Waals surface area (Å²) in [6.45, 7) is 2.27. The van der Waals surface area contributed by atoms with Gasteiger partial charge in [0, 0.05) is 0 Å². The van der Waals surface area contributed by atoms with Crippen molar-refractivity contribution in [3.05, 3.63) is 65.5 Å². The number of benzene rings is 2. The third kappa shape index (κ3) is 3.37. The number of para-hydroxylation sites is 3.